The number of hydrogen-bond donors (Lipinski definition) is 2. The first-order valence-electron chi connectivity index (χ1n) is 12.4. The third-order valence-electron chi connectivity index (χ3n) is 8.10. The van der Waals surface area contributed by atoms with Crippen LogP contribution in [0.3, 0.4) is 0 Å². The Morgan fingerprint density at radius 2 is 1.90 bits per heavy atom. The zero-order chi connectivity index (χ0) is 22.4. The molecule has 8 unspecified atom stereocenters. The Balaban J connectivity index is 1.37. The molecule has 3 aliphatic carbocycles. The number of carbonyl (C=O) groups is 1. The normalized spacial score (nSPS) is 43.0. The van der Waals surface area contributed by atoms with Crippen molar-refractivity contribution in [3.63, 3.8) is 0 Å². The van der Waals surface area contributed by atoms with E-state index in [1.54, 1.807) is 5.57 Å². The van der Waals surface area contributed by atoms with E-state index in [-0.39, 0.29) is 35.5 Å². The van der Waals surface area contributed by atoms with Crippen molar-refractivity contribution in [3.05, 3.63) is 11.6 Å². The number of rotatable bonds is 4. The van der Waals surface area contributed by atoms with E-state index in [1.807, 2.05) is 13.8 Å². The monoisotopic (exact) mass is 434 g/mol. The number of fused-ring (bicyclic) bond motifs is 2. The maximum atomic E-state index is 12.4. The highest BCUT2D eigenvalue weighted by molar-refractivity contribution is 5.76. The highest BCUT2D eigenvalue weighted by Gasteiger charge is 2.55. The summed E-state index contributed by atoms with van der Waals surface area (Å²) in [6, 6.07) is 0. The van der Waals surface area contributed by atoms with Gasteiger partial charge in [-0.1, -0.05) is 32.4 Å². The first-order chi connectivity index (χ1) is 14.6. The summed E-state index contributed by atoms with van der Waals surface area (Å²) in [6.07, 6.45) is 8.91. The molecule has 176 valence electrons. The van der Waals surface area contributed by atoms with E-state index in [1.165, 1.54) is 6.42 Å². The molecule has 2 saturated carbocycles. The van der Waals surface area contributed by atoms with Crippen LogP contribution in [0.25, 0.3) is 0 Å². The van der Waals surface area contributed by atoms with Gasteiger partial charge in [-0.2, -0.15) is 4.89 Å². The summed E-state index contributed by atoms with van der Waals surface area (Å²) in [5.74, 6) is 1.59. The van der Waals surface area contributed by atoms with Gasteiger partial charge in [0.2, 0.25) is 11.7 Å². The van der Waals surface area contributed by atoms with Gasteiger partial charge >= 0.3 is 0 Å². The number of nitrogens with one attached hydrogen (secondary N) is 1. The van der Waals surface area contributed by atoms with Crippen LogP contribution in [0.15, 0.2) is 11.6 Å². The largest absolute Gasteiger partial charge is 0.354 e. The Hall–Kier alpha value is -0.950. The van der Waals surface area contributed by atoms with Gasteiger partial charge in [-0.25, -0.2) is 4.89 Å². The van der Waals surface area contributed by atoms with Gasteiger partial charge in [0, 0.05) is 30.3 Å². The summed E-state index contributed by atoms with van der Waals surface area (Å²) in [6.45, 7) is 11.2. The van der Waals surface area contributed by atoms with Crippen molar-refractivity contribution < 1.29 is 19.3 Å². The molecule has 1 amide bonds. The maximum absolute atomic E-state index is 12.4. The molecule has 3 fully saturated rings. The van der Waals surface area contributed by atoms with Crippen molar-refractivity contribution in [3.8, 4) is 0 Å². The van der Waals surface area contributed by atoms with E-state index < -0.39 is 5.79 Å². The van der Waals surface area contributed by atoms with Gasteiger partial charge in [-0.05, 0) is 70.1 Å². The lowest BCUT2D eigenvalue weighted by atomic mass is 9.67. The van der Waals surface area contributed by atoms with Crippen LogP contribution in [-0.2, 0) is 19.3 Å². The molecular weight excluding hydrogens is 392 g/mol. The molecule has 8 atom stereocenters. The van der Waals surface area contributed by atoms with Crippen molar-refractivity contribution in [1.29, 1.82) is 0 Å². The standard InChI is InChI=1S/C25H42N2O4/c1-15-10-19-11-16(2)25(17(3)12-20(15)19)29-21-8-6-18(7-9-22(21)30-31-25)13-23(28)27-14-24(4,5)26/h11,15-18,20-22H,6-10,12-14,26H2,1-5H3,(H,27,28). The van der Waals surface area contributed by atoms with E-state index >= 15 is 0 Å². The molecule has 1 heterocycles. The topological polar surface area (TPSA) is 82.8 Å². The van der Waals surface area contributed by atoms with Crippen LogP contribution < -0.4 is 11.1 Å². The van der Waals surface area contributed by atoms with Gasteiger partial charge < -0.3 is 15.8 Å². The Morgan fingerprint density at radius 3 is 2.58 bits per heavy atom. The Kier molecular flexibility index (Phi) is 6.57. The average molecular weight is 435 g/mol. The SMILES string of the molecule is CC1CC2=CC(C)C3(OOC4CCC(CC(=O)NCC(C)(C)N)CCC4O3)C(C)CC21. The van der Waals surface area contributed by atoms with E-state index in [0.29, 0.717) is 24.8 Å². The number of allylic oxidation sites excluding steroid dienone is 1. The number of hydrogen-bond acceptors (Lipinski definition) is 5. The third-order valence-corrected chi connectivity index (χ3v) is 8.10. The molecule has 1 spiro atoms. The Labute approximate surface area is 187 Å². The van der Waals surface area contributed by atoms with Gasteiger partial charge in [0.1, 0.15) is 6.10 Å². The molecule has 0 aromatic heterocycles. The minimum absolute atomic E-state index is 0.0289. The van der Waals surface area contributed by atoms with E-state index in [9.17, 15) is 4.79 Å². The van der Waals surface area contributed by atoms with Gasteiger partial charge in [0.25, 0.3) is 0 Å². The first-order valence-corrected chi connectivity index (χ1v) is 12.4. The third kappa shape index (κ3) is 4.87. The Morgan fingerprint density at radius 1 is 1.19 bits per heavy atom. The summed E-state index contributed by atoms with van der Waals surface area (Å²) in [7, 11) is 0. The Bertz CT molecular complexity index is 702. The van der Waals surface area contributed by atoms with Crippen LogP contribution in [0.2, 0.25) is 0 Å². The fraction of sp³-hybridized carbons (Fsp3) is 0.880. The molecule has 6 nitrogen and oxygen atoms in total. The summed E-state index contributed by atoms with van der Waals surface area (Å²) in [4.78, 5) is 24.6. The summed E-state index contributed by atoms with van der Waals surface area (Å²) >= 11 is 0. The number of nitrogens with two attached hydrogens (primary N) is 1. The zero-order valence-corrected chi connectivity index (χ0v) is 20.0. The fourth-order valence-corrected chi connectivity index (χ4v) is 6.08. The van der Waals surface area contributed by atoms with Crippen molar-refractivity contribution in [2.75, 3.05) is 6.54 Å². The fourth-order valence-electron chi connectivity index (χ4n) is 6.08. The van der Waals surface area contributed by atoms with Crippen LogP contribution in [0, 0.1) is 29.6 Å². The van der Waals surface area contributed by atoms with E-state index in [2.05, 4.69) is 32.2 Å². The van der Waals surface area contributed by atoms with Crippen LogP contribution in [0.4, 0.5) is 0 Å². The van der Waals surface area contributed by atoms with Gasteiger partial charge in [-0.15, -0.1) is 0 Å². The van der Waals surface area contributed by atoms with Crippen LogP contribution in [-0.4, -0.2) is 36.0 Å². The summed E-state index contributed by atoms with van der Waals surface area (Å²) < 4.78 is 6.80. The van der Waals surface area contributed by atoms with E-state index in [4.69, 9.17) is 20.2 Å². The van der Waals surface area contributed by atoms with Crippen LogP contribution in [0.1, 0.15) is 79.6 Å². The lowest BCUT2D eigenvalue weighted by Gasteiger charge is -2.48. The molecule has 0 aromatic carbocycles. The lowest BCUT2D eigenvalue weighted by Crippen LogP contribution is -2.56. The highest BCUT2D eigenvalue weighted by atomic mass is 17.2. The highest BCUT2D eigenvalue weighted by Crippen LogP contribution is 2.53. The van der Waals surface area contributed by atoms with Crippen molar-refractivity contribution in [2.24, 2.45) is 35.3 Å². The molecule has 1 aliphatic heterocycles. The average Bonchev–Trinajstić information content (AvgIpc) is 2.94. The molecule has 31 heavy (non-hydrogen) atoms. The molecule has 0 radical (unpaired) electrons. The maximum Gasteiger partial charge on any atom is 0.220 e. The van der Waals surface area contributed by atoms with Crippen molar-refractivity contribution in [2.45, 2.75) is 103 Å². The minimum atomic E-state index is -0.699. The molecule has 1 saturated heterocycles. The number of ether oxygens (including phenoxy) is 1. The molecular formula is C25H42N2O4. The van der Waals surface area contributed by atoms with Gasteiger partial charge in [0.05, 0.1) is 6.10 Å². The predicted molar refractivity (Wildman–Crippen MR) is 120 cm³/mol. The second-order valence-electron chi connectivity index (χ2n) is 11.5. The molecule has 6 heteroatoms. The second kappa shape index (κ2) is 8.77. The second-order valence-corrected chi connectivity index (χ2v) is 11.5. The number of carbonyl (C=O) groups excluding carboxylic acids is 1. The van der Waals surface area contributed by atoms with Crippen molar-refractivity contribution >= 4 is 5.91 Å². The molecule has 0 bridgehead atoms. The molecule has 3 N–H and O–H groups in total. The molecule has 4 rings (SSSR count). The summed E-state index contributed by atoms with van der Waals surface area (Å²) in [5.41, 5.74) is 7.17. The van der Waals surface area contributed by atoms with Crippen LogP contribution in [0.5, 0.6) is 0 Å². The lowest BCUT2D eigenvalue weighted by molar-refractivity contribution is -0.521. The molecule has 4 aliphatic rings. The first kappa shape index (κ1) is 23.2. The van der Waals surface area contributed by atoms with Crippen LogP contribution >= 0.6 is 0 Å². The summed E-state index contributed by atoms with van der Waals surface area (Å²) in [5, 5.41) is 2.98. The van der Waals surface area contributed by atoms with E-state index in [0.717, 1.165) is 38.0 Å². The van der Waals surface area contributed by atoms with Gasteiger partial charge in [-0.3, -0.25) is 4.79 Å². The zero-order valence-electron chi connectivity index (χ0n) is 20.0. The van der Waals surface area contributed by atoms with Gasteiger partial charge in [0.15, 0.2) is 0 Å². The van der Waals surface area contributed by atoms with Crippen molar-refractivity contribution in [1.82, 2.24) is 5.32 Å². The minimum Gasteiger partial charge on any atom is -0.354 e. The quantitative estimate of drug-likeness (QED) is 0.514. The number of amides is 1. The molecule has 0 aromatic rings. The smallest absolute Gasteiger partial charge is 0.220 e. The predicted octanol–water partition coefficient (Wildman–Crippen LogP) is 4.09.